The lowest BCUT2D eigenvalue weighted by molar-refractivity contribution is 0.359. The van der Waals surface area contributed by atoms with Crippen molar-refractivity contribution in [2.75, 3.05) is 13.1 Å². The van der Waals surface area contributed by atoms with Gasteiger partial charge in [-0.1, -0.05) is 38.1 Å². The third kappa shape index (κ3) is 4.63. The number of nitrogens with one attached hydrogen (secondary N) is 2. The molecule has 2 rings (SSSR count). The second-order valence-corrected chi connectivity index (χ2v) is 6.25. The Morgan fingerprint density at radius 1 is 1.11 bits per heavy atom. The molecule has 1 atom stereocenters. The van der Waals surface area contributed by atoms with E-state index in [2.05, 4.69) is 55.7 Å². The molecule has 0 bridgehead atoms. The third-order valence-corrected chi connectivity index (χ3v) is 3.95. The molecule has 1 aliphatic rings. The molecule has 2 nitrogen and oxygen atoms in total. The Hall–Kier alpha value is -0.860. The minimum absolute atomic E-state index is 0.455. The molecule has 106 valence electrons. The Morgan fingerprint density at radius 3 is 2.32 bits per heavy atom. The number of piperidine rings is 1. The molecule has 1 fully saturated rings. The summed E-state index contributed by atoms with van der Waals surface area (Å²) in [7, 11) is 0. The summed E-state index contributed by atoms with van der Waals surface area (Å²) in [5.41, 5.74) is 2.86. The Kier molecular flexibility index (Phi) is 5.41. The van der Waals surface area contributed by atoms with Crippen molar-refractivity contribution in [1.29, 1.82) is 0 Å². The topological polar surface area (TPSA) is 24.1 Å². The predicted octanol–water partition coefficient (Wildman–Crippen LogP) is 3.29. The second kappa shape index (κ2) is 7.06. The maximum Gasteiger partial charge on any atom is 0.0294 e. The average Bonchev–Trinajstić information content (AvgIpc) is 2.40. The van der Waals surface area contributed by atoms with Crippen LogP contribution in [0, 0.1) is 5.92 Å². The van der Waals surface area contributed by atoms with Gasteiger partial charge < -0.3 is 10.6 Å². The largest absolute Gasteiger partial charge is 0.317 e. The molecule has 19 heavy (non-hydrogen) atoms. The monoisotopic (exact) mass is 260 g/mol. The Labute approximate surface area is 118 Å². The molecule has 1 heterocycles. The predicted molar refractivity (Wildman–Crippen MR) is 82.4 cm³/mol. The van der Waals surface area contributed by atoms with Crippen LogP contribution in [-0.2, 0) is 6.42 Å². The molecule has 1 aromatic carbocycles. The van der Waals surface area contributed by atoms with Gasteiger partial charge in [-0.15, -0.1) is 0 Å². The molecule has 0 saturated carbocycles. The highest BCUT2D eigenvalue weighted by Gasteiger charge is 2.15. The summed E-state index contributed by atoms with van der Waals surface area (Å²) in [6, 6.07) is 10.3. The first-order valence-electron chi connectivity index (χ1n) is 7.70. The van der Waals surface area contributed by atoms with Gasteiger partial charge in [-0.3, -0.25) is 0 Å². The number of hydrogen-bond donors (Lipinski definition) is 2. The molecule has 0 radical (unpaired) electrons. The van der Waals surface area contributed by atoms with E-state index in [0.717, 1.165) is 19.0 Å². The highest BCUT2D eigenvalue weighted by atomic mass is 15.0. The lowest BCUT2D eigenvalue weighted by Crippen LogP contribution is -2.40. The van der Waals surface area contributed by atoms with E-state index in [0.29, 0.717) is 12.1 Å². The standard InChI is InChI=1S/C17H28N2/c1-13(2)12-15-4-6-16(7-5-15)14(3)19-17-8-10-18-11-9-17/h4-7,13-14,17-19H,8-12H2,1-3H3. The molecule has 0 amide bonds. The fourth-order valence-electron chi connectivity index (χ4n) is 2.85. The van der Waals surface area contributed by atoms with Gasteiger partial charge >= 0.3 is 0 Å². The molecule has 2 N–H and O–H groups in total. The number of hydrogen-bond acceptors (Lipinski definition) is 2. The maximum atomic E-state index is 3.76. The van der Waals surface area contributed by atoms with Crippen molar-refractivity contribution in [1.82, 2.24) is 10.6 Å². The van der Waals surface area contributed by atoms with E-state index in [1.807, 2.05) is 0 Å². The van der Waals surface area contributed by atoms with E-state index in [-0.39, 0.29) is 0 Å². The van der Waals surface area contributed by atoms with E-state index in [4.69, 9.17) is 0 Å². The van der Waals surface area contributed by atoms with Gasteiger partial charge in [0.25, 0.3) is 0 Å². The lowest BCUT2D eigenvalue weighted by atomic mass is 9.99. The minimum Gasteiger partial charge on any atom is -0.317 e. The summed E-state index contributed by atoms with van der Waals surface area (Å²) in [4.78, 5) is 0. The third-order valence-electron chi connectivity index (χ3n) is 3.95. The van der Waals surface area contributed by atoms with Crippen LogP contribution in [0.2, 0.25) is 0 Å². The summed E-state index contributed by atoms with van der Waals surface area (Å²) >= 11 is 0. The zero-order chi connectivity index (χ0) is 13.7. The highest BCUT2D eigenvalue weighted by Crippen LogP contribution is 2.17. The SMILES string of the molecule is CC(C)Cc1ccc(C(C)NC2CCNCC2)cc1. The van der Waals surface area contributed by atoms with Crippen molar-refractivity contribution in [3.8, 4) is 0 Å². The first-order chi connectivity index (χ1) is 9.15. The van der Waals surface area contributed by atoms with Crippen molar-refractivity contribution in [2.45, 2.75) is 52.1 Å². The first kappa shape index (κ1) is 14.5. The van der Waals surface area contributed by atoms with Crippen LogP contribution in [-0.4, -0.2) is 19.1 Å². The summed E-state index contributed by atoms with van der Waals surface area (Å²) in [6.07, 6.45) is 3.67. The summed E-state index contributed by atoms with van der Waals surface area (Å²) in [5, 5.41) is 7.17. The van der Waals surface area contributed by atoms with Gasteiger partial charge in [0.05, 0.1) is 0 Å². The molecule has 1 saturated heterocycles. The lowest BCUT2D eigenvalue weighted by Gasteiger charge is -2.27. The van der Waals surface area contributed by atoms with E-state index < -0.39 is 0 Å². The van der Waals surface area contributed by atoms with E-state index in [1.54, 1.807) is 0 Å². The zero-order valence-corrected chi connectivity index (χ0v) is 12.6. The summed E-state index contributed by atoms with van der Waals surface area (Å²) < 4.78 is 0. The van der Waals surface area contributed by atoms with Crippen molar-refractivity contribution < 1.29 is 0 Å². The van der Waals surface area contributed by atoms with Crippen molar-refractivity contribution in [3.63, 3.8) is 0 Å². The summed E-state index contributed by atoms with van der Waals surface area (Å²) in [6.45, 7) is 9.12. The zero-order valence-electron chi connectivity index (χ0n) is 12.6. The Bertz CT molecular complexity index is 363. The van der Waals surface area contributed by atoms with Crippen LogP contribution >= 0.6 is 0 Å². The van der Waals surface area contributed by atoms with Crippen LogP contribution < -0.4 is 10.6 Å². The molecule has 1 aromatic rings. The van der Waals surface area contributed by atoms with Gasteiger partial charge in [0, 0.05) is 12.1 Å². The molecular weight excluding hydrogens is 232 g/mol. The van der Waals surface area contributed by atoms with Crippen molar-refractivity contribution in [2.24, 2.45) is 5.92 Å². The van der Waals surface area contributed by atoms with Gasteiger partial charge in [0.15, 0.2) is 0 Å². The fraction of sp³-hybridized carbons (Fsp3) is 0.647. The Balaban J connectivity index is 1.89. The van der Waals surface area contributed by atoms with Gasteiger partial charge in [-0.25, -0.2) is 0 Å². The van der Waals surface area contributed by atoms with Gasteiger partial charge in [0.1, 0.15) is 0 Å². The highest BCUT2D eigenvalue weighted by molar-refractivity contribution is 5.25. The van der Waals surface area contributed by atoms with E-state index >= 15 is 0 Å². The number of benzene rings is 1. The van der Waals surface area contributed by atoms with Crippen LogP contribution in [0.4, 0.5) is 0 Å². The molecule has 0 spiro atoms. The average molecular weight is 260 g/mol. The molecule has 2 heteroatoms. The number of rotatable bonds is 5. The van der Waals surface area contributed by atoms with E-state index in [9.17, 15) is 0 Å². The van der Waals surface area contributed by atoms with Crippen LogP contribution in [0.15, 0.2) is 24.3 Å². The first-order valence-corrected chi connectivity index (χ1v) is 7.70. The Morgan fingerprint density at radius 2 is 1.74 bits per heavy atom. The van der Waals surface area contributed by atoms with E-state index in [1.165, 1.54) is 30.4 Å². The van der Waals surface area contributed by atoms with Gasteiger partial charge in [0.2, 0.25) is 0 Å². The second-order valence-electron chi connectivity index (χ2n) is 6.25. The van der Waals surface area contributed by atoms with Crippen LogP contribution in [0.3, 0.4) is 0 Å². The van der Waals surface area contributed by atoms with Gasteiger partial charge in [-0.05, 0) is 56.3 Å². The maximum absolute atomic E-state index is 3.76. The van der Waals surface area contributed by atoms with Crippen LogP contribution in [0.1, 0.15) is 50.8 Å². The van der Waals surface area contributed by atoms with Crippen molar-refractivity contribution >= 4 is 0 Å². The molecule has 1 unspecified atom stereocenters. The summed E-state index contributed by atoms with van der Waals surface area (Å²) in [5.74, 6) is 0.733. The normalized spacial score (nSPS) is 18.7. The smallest absolute Gasteiger partial charge is 0.0294 e. The molecule has 1 aliphatic heterocycles. The van der Waals surface area contributed by atoms with Crippen molar-refractivity contribution in [3.05, 3.63) is 35.4 Å². The quantitative estimate of drug-likeness (QED) is 0.849. The van der Waals surface area contributed by atoms with Crippen LogP contribution in [0.25, 0.3) is 0 Å². The van der Waals surface area contributed by atoms with Crippen LogP contribution in [0.5, 0.6) is 0 Å². The fourth-order valence-corrected chi connectivity index (χ4v) is 2.85. The minimum atomic E-state index is 0.455. The molecule has 0 aliphatic carbocycles. The molecule has 0 aromatic heterocycles. The molecular formula is C17H28N2. The van der Waals surface area contributed by atoms with Gasteiger partial charge in [-0.2, -0.15) is 0 Å².